The second kappa shape index (κ2) is 7.01. The molecule has 0 aliphatic heterocycles. The van der Waals surface area contributed by atoms with Crippen molar-refractivity contribution in [2.45, 2.75) is 39.7 Å². The van der Waals surface area contributed by atoms with Crippen molar-refractivity contribution in [2.24, 2.45) is 0 Å². The number of hydrogen-bond donors (Lipinski definition) is 1. The van der Waals surface area contributed by atoms with E-state index in [9.17, 15) is 9.18 Å². The fraction of sp³-hybridized carbons (Fsp3) is 0.316. The van der Waals surface area contributed by atoms with Crippen molar-refractivity contribution in [3.05, 3.63) is 47.4 Å². The summed E-state index contributed by atoms with van der Waals surface area (Å²) in [4.78, 5) is 17.1. The molecule has 1 atom stereocenters. The number of rotatable bonds is 5. The monoisotopic (exact) mass is 341 g/mol. The minimum absolute atomic E-state index is 0.0396. The van der Waals surface area contributed by atoms with Crippen molar-refractivity contribution in [3.63, 3.8) is 0 Å². The Labute approximate surface area is 145 Å². The van der Waals surface area contributed by atoms with Crippen molar-refractivity contribution in [1.82, 2.24) is 15.5 Å². The van der Waals surface area contributed by atoms with Gasteiger partial charge in [0.1, 0.15) is 5.82 Å². The molecule has 5 nitrogen and oxygen atoms in total. The maximum absolute atomic E-state index is 14.1. The van der Waals surface area contributed by atoms with E-state index in [2.05, 4.69) is 22.4 Å². The third-order valence-corrected chi connectivity index (χ3v) is 4.11. The third kappa shape index (κ3) is 3.38. The normalized spacial score (nSPS) is 12.3. The highest BCUT2D eigenvalue weighted by Gasteiger charge is 2.21. The lowest BCUT2D eigenvalue weighted by Crippen LogP contribution is -2.32. The third-order valence-electron chi connectivity index (χ3n) is 4.11. The van der Waals surface area contributed by atoms with E-state index in [0.29, 0.717) is 27.9 Å². The van der Waals surface area contributed by atoms with Crippen LogP contribution in [0.3, 0.4) is 0 Å². The molecule has 130 valence electrons. The molecule has 6 heteroatoms. The van der Waals surface area contributed by atoms with Gasteiger partial charge in [-0.3, -0.25) is 4.79 Å². The average molecular weight is 341 g/mol. The summed E-state index contributed by atoms with van der Waals surface area (Å²) in [7, 11) is 0. The van der Waals surface area contributed by atoms with Gasteiger partial charge in [0, 0.05) is 11.6 Å². The molecule has 0 fully saturated rings. The number of halogens is 1. The smallest absolute Gasteiger partial charge is 0.259 e. The molecule has 0 bridgehead atoms. The van der Waals surface area contributed by atoms with Gasteiger partial charge in [-0.2, -0.15) is 0 Å². The lowest BCUT2D eigenvalue weighted by atomic mass is 10.0. The number of pyridine rings is 1. The lowest BCUT2D eigenvalue weighted by Gasteiger charge is -2.14. The van der Waals surface area contributed by atoms with E-state index in [1.54, 1.807) is 31.2 Å². The van der Waals surface area contributed by atoms with Crippen LogP contribution in [0.4, 0.5) is 4.39 Å². The highest BCUT2D eigenvalue weighted by Crippen LogP contribution is 2.28. The Hall–Kier alpha value is -2.76. The molecule has 0 saturated heterocycles. The predicted molar refractivity (Wildman–Crippen MR) is 93.8 cm³/mol. The number of carbonyl (C=O) groups is 1. The molecule has 0 aliphatic rings. The molecule has 2 heterocycles. The molecule has 0 unspecified atom stereocenters. The Morgan fingerprint density at radius 3 is 2.84 bits per heavy atom. The molecular weight excluding hydrogens is 321 g/mol. The summed E-state index contributed by atoms with van der Waals surface area (Å²) in [5.74, 6) is -0.645. The van der Waals surface area contributed by atoms with Crippen LogP contribution in [-0.4, -0.2) is 22.1 Å². The van der Waals surface area contributed by atoms with Crippen LogP contribution in [0, 0.1) is 12.7 Å². The Bertz CT molecular complexity index is 920. The Morgan fingerprint density at radius 1 is 1.36 bits per heavy atom. The zero-order chi connectivity index (χ0) is 18.0. The first-order valence-electron chi connectivity index (χ1n) is 8.34. The zero-order valence-electron chi connectivity index (χ0n) is 14.5. The van der Waals surface area contributed by atoms with Gasteiger partial charge in [0.05, 0.1) is 22.3 Å². The van der Waals surface area contributed by atoms with E-state index in [1.807, 2.05) is 6.92 Å². The molecule has 0 aliphatic carbocycles. The van der Waals surface area contributed by atoms with Gasteiger partial charge in [-0.25, -0.2) is 9.37 Å². The lowest BCUT2D eigenvalue weighted by molar-refractivity contribution is 0.0940. The molecule has 1 N–H and O–H groups in total. The van der Waals surface area contributed by atoms with Crippen molar-refractivity contribution in [1.29, 1.82) is 0 Å². The van der Waals surface area contributed by atoms with E-state index < -0.39 is 5.82 Å². The summed E-state index contributed by atoms with van der Waals surface area (Å²) in [6, 6.07) is 7.94. The molecule has 1 amide bonds. The first-order chi connectivity index (χ1) is 12.0. The number of nitrogens with zero attached hydrogens (tertiary/aromatic N) is 2. The van der Waals surface area contributed by atoms with Crippen LogP contribution < -0.4 is 5.32 Å². The highest BCUT2D eigenvalue weighted by molar-refractivity contribution is 6.07. The number of aromatic nitrogens is 2. The van der Waals surface area contributed by atoms with Crippen molar-refractivity contribution >= 4 is 17.0 Å². The maximum Gasteiger partial charge on any atom is 0.259 e. The van der Waals surface area contributed by atoms with Crippen LogP contribution in [0.15, 0.2) is 34.9 Å². The zero-order valence-corrected chi connectivity index (χ0v) is 14.5. The number of carbonyl (C=O) groups excluding carboxylic acids is 1. The van der Waals surface area contributed by atoms with Gasteiger partial charge in [-0.15, -0.1) is 0 Å². The van der Waals surface area contributed by atoms with Crippen LogP contribution in [0.1, 0.15) is 42.7 Å². The Morgan fingerprint density at radius 2 is 2.12 bits per heavy atom. The van der Waals surface area contributed by atoms with E-state index >= 15 is 0 Å². The second-order valence-electron chi connectivity index (χ2n) is 6.15. The van der Waals surface area contributed by atoms with Crippen LogP contribution in [0.2, 0.25) is 0 Å². The minimum atomic E-state index is -0.406. The highest BCUT2D eigenvalue weighted by atomic mass is 19.1. The molecule has 0 spiro atoms. The number of benzene rings is 1. The Kier molecular flexibility index (Phi) is 4.79. The molecule has 3 aromatic rings. The molecule has 25 heavy (non-hydrogen) atoms. The molecule has 1 aromatic carbocycles. The summed E-state index contributed by atoms with van der Waals surface area (Å²) >= 11 is 0. The van der Waals surface area contributed by atoms with Crippen molar-refractivity contribution < 1.29 is 13.7 Å². The molecule has 3 rings (SSSR count). The number of fused-ring (bicyclic) bond motifs is 1. The Balaban J connectivity index is 2.11. The minimum Gasteiger partial charge on any atom is -0.350 e. The van der Waals surface area contributed by atoms with E-state index in [4.69, 9.17) is 4.52 Å². The fourth-order valence-corrected chi connectivity index (χ4v) is 2.89. The van der Waals surface area contributed by atoms with Gasteiger partial charge in [0.15, 0.2) is 0 Å². The predicted octanol–water partition coefficient (Wildman–Crippen LogP) is 4.26. The first-order valence-corrected chi connectivity index (χ1v) is 8.34. The van der Waals surface area contributed by atoms with Gasteiger partial charge in [-0.1, -0.05) is 30.6 Å². The van der Waals surface area contributed by atoms with Gasteiger partial charge in [0.2, 0.25) is 0 Å². The largest absolute Gasteiger partial charge is 0.350 e. The van der Waals surface area contributed by atoms with Crippen LogP contribution in [0.5, 0.6) is 0 Å². The van der Waals surface area contributed by atoms with Crippen molar-refractivity contribution in [3.8, 4) is 11.3 Å². The van der Waals surface area contributed by atoms with Crippen LogP contribution in [-0.2, 0) is 0 Å². The number of amides is 1. The number of nitrogens with one attached hydrogen (secondary N) is 1. The fourth-order valence-electron chi connectivity index (χ4n) is 2.89. The second-order valence-corrected chi connectivity index (χ2v) is 6.15. The number of hydrogen-bond acceptors (Lipinski definition) is 4. The van der Waals surface area contributed by atoms with Crippen LogP contribution in [0.25, 0.3) is 22.4 Å². The SMILES string of the molecule is CCC[C@H](C)NC(=O)c1cc(-c2ccccc2F)nc2onc(C)c12. The molecular formula is C19H20FN3O2. The summed E-state index contributed by atoms with van der Waals surface area (Å²) in [6.45, 7) is 5.77. The average Bonchev–Trinajstić information content (AvgIpc) is 2.96. The standard InChI is InChI=1S/C19H20FN3O2/c1-4-7-11(2)21-18(24)14-10-16(13-8-5-6-9-15(13)20)22-19-17(14)12(3)23-25-19/h5-6,8-11H,4,7H2,1-3H3,(H,21,24)/t11-/m0/s1. The van der Waals surface area contributed by atoms with E-state index in [1.165, 1.54) is 6.07 Å². The van der Waals surface area contributed by atoms with E-state index in [0.717, 1.165) is 12.8 Å². The summed E-state index contributed by atoms with van der Waals surface area (Å²) in [6.07, 6.45) is 1.85. The van der Waals surface area contributed by atoms with E-state index in [-0.39, 0.29) is 17.7 Å². The quantitative estimate of drug-likeness (QED) is 0.753. The first kappa shape index (κ1) is 17.1. The van der Waals surface area contributed by atoms with Crippen molar-refractivity contribution in [2.75, 3.05) is 0 Å². The van der Waals surface area contributed by atoms with Gasteiger partial charge >= 0.3 is 0 Å². The van der Waals surface area contributed by atoms with Gasteiger partial charge in [-0.05, 0) is 38.5 Å². The van der Waals surface area contributed by atoms with Gasteiger partial charge in [0.25, 0.3) is 11.6 Å². The maximum atomic E-state index is 14.1. The number of aryl methyl sites for hydroxylation is 1. The van der Waals surface area contributed by atoms with Crippen LogP contribution >= 0.6 is 0 Å². The topological polar surface area (TPSA) is 68.0 Å². The summed E-state index contributed by atoms with van der Waals surface area (Å²) in [5.41, 5.74) is 1.86. The molecule has 0 radical (unpaired) electrons. The molecule has 0 saturated carbocycles. The summed E-state index contributed by atoms with van der Waals surface area (Å²) in [5, 5.41) is 7.43. The van der Waals surface area contributed by atoms with Gasteiger partial charge < -0.3 is 9.84 Å². The molecule has 2 aromatic heterocycles. The summed E-state index contributed by atoms with van der Waals surface area (Å²) < 4.78 is 19.4.